The standard InChI is InChI=1S/C29H33NO3/c1-30(32-2)28(31)14-8-9-21-33-25-18-15-24(16-19-25)29-26-13-7-6-12-23(26)17-20-27(29)22-10-4-3-5-11-22/h3-7,10-13,15-16,18-19,27,29H,8-9,14,17,20-21H2,1-2H3. The van der Waals surface area contributed by atoms with Crippen molar-refractivity contribution in [2.45, 2.75) is 43.9 Å². The molecule has 3 aromatic rings. The van der Waals surface area contributed by atoms with Crippen molar-refractivity contribution in [3.05, 3.63) is 101 Å². The average molecular weight is 444 g/mol. The number of rotatable bonds is 9. The Kier molecular flexibility index (Phi) is 7.79. The van der Waals surface area contributed by atoms with Crippen LogP contribution in [0.15, 0.2) is 78.9 Å². The van der Waals surface area contributed by atoms with Gasteiger partial charge in [-0.25, -0.2) is 5.06 Å². The van der Waals surface area contributed by atoms with E-state index in [1.165, 1.54) is 34.4 Å². The summed E-state index contributed by atoms with van der Waals surface area (Å²) in [6.45, 7) is 0.599. The summed E-state index contributed by atoms with van der Waals surface area (Å²) in [6.07, 6.45) is 4.35. The van der Waals surface area contributed by atoms with Gasteiger partial charge in [-0.15, -0.1) is 0 Å². The Labute approximate surface area is 197 Å². The summed E-state index contributed by atoms with van der Waals surface area (Å²) in [5.41, 5.74) is 5.64. The second-order valence-electron chi connectivity index (χ2n) is 8.68. The van der Waals surface area contributed by atoms with Crippen molar-refractivity contribution >= 4 is 5.91 Å². The summed E-state index contributed by atoms with van der Waals surface area (Å²) in [7, 11) is 3.13. The number of benzene rings is 3. The third-order valence-corrected chi connectivity index (χ3v) is 6.66. The maximum absolute atomic E-state index is 11.8. The number of hydrogen-bond acceptors (Lipinski definition) is 3. The molecule has 4 rings (SSSR count). The van der Waals surface area contributed by atoms with E-state index in [0.29, 0.717) is 24.9 Å². The molecule has 0 N–H and O–H groups in total. The fraction of sp³-hybridized carbons (Fsp3) is 0.345. The highest BCUT2D eigenvalue weighted by Gasteiger charge is 2.31. The van der Waals surface area contributed by atoms with Gasteiger partial charge < -0.3 is 4.74 Å². The summed E-state index contributed by atoms with van der Waals surface area (Å²) in [6, 6.07) is 28.4. The molecule has 4 heteroatoms. The molecule has 0 saturated carbocycles. The second kappa shape index (κ2) is 11.2. The predicted octanol–water partition coefficient (Wildman–Crippen LogP) is 6.12. The van der Waals surface area contributed by atoms with Crippen LogP contribution in [0.2, 0.25) is 0 Å². The molecular formula is C29H33NO3. The van der Waals surface area contributed by atoms with E-state index >= 15 is 0 Å². The molecule has 0 spiro atoms. The Balaban J connectivity index is 1.42. The molecule has 2 unspecified atom stereocenters. The zero-order chi connectivity index (χ0) is 23.0. The fourth-order valence-electron chi connectivity index (χ4n) is 4.83. The van der Waals surface area contributed by atoms with Crippen LogP contribution in [0.1, 0.15) is 59.8 Å². The lowest BCUT2D eigenvalue weighted by Crippen LogP contribution is -2.25. The molecule has 0 heterocycles. The van der Waals surface area contributed by atoms with Crippen LogP contribution in [0.5, 0.6) is 5.75 Å². The molecule has 4 nitrogen and oxygen atoms in total. The van der Waals surface area contributed by atoms with Crippen LogP contribution in [-0.2, 0) is 16.1 Å². The maximum Gasteiger partial charge on any atom is 0.245 e. The molecule has 0 saturated heterocycles. The average Bonchev–Trinajstić information content (AvgIpc) is 2.88. The molecule has 1 amide bonds. The van der Waals surface area contributed by atoms with Crippen LogP contribution in [0.25, 0.3) is 0 Å². The minimum atomic E-state index is -0.0115. The maximum atomic E-state index is 11.8. The van der Waals surface area contributed by atoms with E-state index in [0.717, 1.165) is 31.4 Å². The second-order valence-corrected chi connectivity index (χ2v) is 8.68. The Morgan fingerprint density at radius 3 is 2.39 bits per heavy atom. The largest absolute Gasteiger partial charge is 0.494 e. The summed E-state index contributed by atoms with van der Waals surface area (Å²) >= 11 is 0. The molecule has 0 radical (unpaired) electrons. The summed E-state index contributed by atoms with van der Waals surface area (Å²) in [5.74, 6) is 1.67. The Hall–Kier alpha value is -3.11. The first kappa shape index (κ1) is 23.1. The van der Waals surface area contributed by atoms with Crippen molar-refractivity contribution in [3.63, 3.8) is 0 Å². The van der Waals surface area contributed by atoms with Gasteiger partial charge in [-0.1, -0.05) is 66.7 Å². The van der Waals surface area contributed by atoms with E-state index in [1.807, 2.05) is 0 Å². The van der Waals surface area contributed by atoms with Crippen LogP contribution in [0.3, 0.4) is 0 Å². The number of aryl methyl sites for hydroxylation is 1. The van der Waals surface area contributed by atoms with Crippen LogP contribution < -0.4 is 4.74 Å². The van der Waals surface area contributed by atoms with Gasteiger partial charge in [0.15, 0.2) is 0 Å². The molecule has 1 aliphatic carbocycles. The molecule has 0 fully saturated rings. The van der Waals surface area contributed by atoms with Gasteiger partial charge >= 0.3 is 0 Å². The monoisotopic (exact) mass is 443 g/mol. The van der Waals surface area contributed by atoms with Gasteiger partial charge in [-0.2, -0.15) is 0 Å². The minimum absolute atomic E-state index is 0.0115. The third kappa shape index (κ3) is 5.63. The Morgan fingerprint density at radius 1 is 0.909 bits per heavy atom. The Bertz CT molecular complexity index is 1030. The number of carbonyl (C=O) groups is 1. The first-order valence-corrected chi connectivity index (χ1v) is 11.8. The fourth-order valence-corrected chi connectivity index (χ4v) is 4.83. The van der Waals surface area contributed by atoms with Crippen molar-refractivity contribution < 1.29 is 14.4 Å². The zero-order valence-corrected chi connectivity index (χ0v) is 19.6. The topological polar surface area (TPSA) is 38.8 Å². The van der Waals surface area contributed by atoms with Gasteiger partial charge in [0.2, 0.25) is 5.91 Å². The first-order valence-electron chi connectivity index (χ1n) is 11.8. The minimum Gasteiger partial charge on any atom is -0.494 e. The van der Waals surface area contributed by atoms with E-state index in [9.17, 15) is 4.79 Å². The van der Waals surface area contributed by atoms with Crippen molar-refractivity contribution in [2.75, 3.05) is 20.8 Å². The number of carbonyl (C=O) groups excluding carboxylic acids is 1. The van der Waals surface area contributed by atoms with Gasteiger partial charge in [0.1, 0.15) is 5.75 Å². The van der Waals surface area contributed by atoms with Gasteiger partial charge in [0.25, 0.3) is 0 Å². The van der Waals surface area contributed by atoms with Crippen molar-refractivity contribution in [1.82, 2.24) is 5.06 Å². The lowest BCUT2D eigenvalue weighted by molar-refractivity contribution is -0.168. The van der Waals surface area contributed by atoms with Crippen LogP contribution in [-0.4, -0.2) is 31.7 Å². The number of fused-ring (bicyclic) bond motifs is 1. The SMILES string of the molecule is CON(C)C(=O)CCCCOc1ccc(C2c3ccccc3CCC2c2ccccc2)cc1. The molecule has 2 atom stereocenters. The molecule has 0 bridgehead atoms. The van der Waals surface area contributed by atoms with E-state index in [2.05, 4.69) is 78.9 Å². The smallest absolute Gasteiger partial charge is 0.245 e. The van der Waals surface area contributed by atoms with Crippen LogP contribution in [0.4, 0.5) is 0 Å². The van der Waals surface area contributed by atoms with E-state index in [1.54, 1.807) is 7.05 Å². The predicted molar refractivity (Wildman–Crippen MR) is 131 cm³/mol. The molecule has 0 aliphatic heterocycles. The highest BCUT2D eigenvalue weighted by Crippen LogP contribution is 2.46. The van der Waals surface area contributed by atoms with Gasteiger partial charge in [0, 0.05) is 19.4 Å². The molecule has 3 aromatic carbocycles. The van der Waals surface area contributed by atoms with E-state index in [-0.39, 0.29) is 5.91 Å². The van der Waals surface area contributed by atoms with Crippen molar-refractivity contribution in [2.24, 2.45) is 0 Å². The van der Waals surface area contributed by atoms with Gasteiger partial charge in [0.05, 0.1) is 13.7 Å². The Morgan fingerprint density at radius 2 is 1.64 bits per heavy atom. The van der Waals surface area contributed by atoms with E-state index in [4.69, 9.17) is 9.57 Å². The third-order valence-electron chi connectivity index (χ3n) is 6.66. The number of hydroxylamine groups is 2. The number of unbranched alkanes of at least 4 members (excludes halogenated alkanes) is 1. The zero-order valence-electron chi connectivity index (χ0n) is 19.6. The molecule has 0 aromatic heterocycles. The van der Waals surface area contributed by atoms with Crippen LogP contribution >= 0.6 is 0 Å². The number of nitrogens with zero attached hydrogens (tertiary/aromatic N) is 1. The lowest BCUT2D eigenvalue weighted by Gasteiger charge is -2.34. The number of hydrogen-bond donors (Lipinski definition) is 0. The summed E-state index contributed by atoms with van der Waals surface area (Å²) in [4.78, 5) is 16.7. The first-order chi connectivity index (χ1) is 16.2. The highest BCUT2D eigenvalue weighted by atomic mass is 16.7. The summed E-state index contributed by atoms with van der Waals surface area (Å²) in [5, 5.41) is 1.27. The molecular weight excluding hydrogens is 410 g/mol. The molecule has 172 valence electrons. The molecule has 33 heavy (non-hydrogen) atoms. The highest BCUT2D eigenvalue weighted by molar-refractivity contribution is 5.74. The van der Waals surface area contributed by atoms with E-state index < -0.39 is 0 Å². The quantitative estimate of drug-likeness (QED) is 0.295. The van der Waals surface area contributed by atoms with Crippen molar-refractivity contribution in [3.8, 4) is 5.75 Å². The number of amides is 1. The lowest BCUT2D eigenvalue weighted by atomic mass is 9.69. The summed E-state index contributed by atoms with van der Waals surface area (Å²) < 4.78 is 5.94. The van der Waals surface area contributed by atoms with Crippen molar-refractivity contribution in [1.29, 1.82) is 0 Å². The number of ether oxygens (including phenoxy) is 1. The van der Waals surface area contributed by atoms with Gasteiger partial charge in [-0.05, 0) is 66.0 Å². The molecule has 1 aliphatic rings. The van der Waals surface area contributed by atoms with Gasteiger partial charge in [-0.3, -0.25) is 9.63 Å². The normalized spacial score (nSPS) is 17.3. The van der Waals surface area contributed by atoms with Crippen LogP contribution in [0, 0.1) is 0 Å².